The third-order valence-electron chi connectivity index (χ3n) is 4.31. The van der Waals surface area contributed by atoms with Crippen LogP contribution in [-0.4, -0.2) is 26.5 Å². The summed E-state index contributed by atoms with van der Waals surface area (Å²) in [7, 11) is 0. The minimum Gasteiger partial charge on any atom is -0.359 e. The number of fused-ring (bicyclic) bond motifs is 1. The number of thiazole rings is 1. The van der Waals surface area contributed by atoms with E-state index in [0.717, 1.165) is 30.0 Å². The van der Waals surface area contributed by atoms with E-state index < -0.39 is 0 Å². The van der Waals surface area contributed by atoms with E-state index in [-0.39, 0.29) is 5.54 Å². The van der Waals surface area contributed by atoms with Crippen molar-refractivity contribution in [2.24, 2.45) is 0 Å². The molecule has 2 heterocycles. The zero-order valence-corrected chi connectivity index (χ0v) is 12.9. The maximum absolute atomic E-state index is 4.69. The van der Waals surface area contributed by atoms with Crippen molar-refractivity contribution in [1.29, 1.82) is 0 Å². The Balaban J connectivity index is 1.55. The predicted octanol–water partition coefficient (Wildman–Crippen LogP) is 3.11. The summed E-state index contributed by atoms with van der Waals surface area (Å²) in [6.45, 7) is 5.13. The SMILES string of the molecule is Cc1cc2nc(NCC3(n4ccnn4)CC3)sc2cc1C. The molecule has 0 amide bonds. The molecule has 1 saturated carbocycles. The van der Waals surface area contributed by atoms with Gasteiger partial charge in [-0.1, -0.05) is 16.6 Å². The molecule has 1 N–H and O–H groups in total. The van der Waals surface area contributed by atoms with Gasteiger partial charge in [-0.15, -0.1) is 5.10 Å². The molecule has 0 radical (unpaired) electrons. The van der Waals surface area contributed by atoms with Gasteiger partial charge >= 0.3 is 0 Å². The molecule has 1 aliphatic carbocycles. The largest absolute Gasteiger partial charge is 0.359 e. The zero-order valence-electron chi connectivity index (χ0n) is 12.1. The van der Waals surface area contributed by atoms with Crippen molar-refractivity contribution in [2.75, 3.05) is 11.9 Å². The molecule has 1 aliphatic rings. The van der Waals surface area contributed by atoms with Crippen LogP contribution >= 0.6 is 11.3 Å². The summed E-state index contributed by atoms with van der Waals surface area (Å²) in [6, 6.07) is 4.38. The molecule has 2 aromatic heterocycles. The molecule has 6 heteroatoms. The Hall–Kier alpha value is -1.95. The van der Waals surface area contributed by atoms with Crippen LogP contribution in [-0.2, 0) is 5.54 Å². The lowest BCUT2D eigenvalue weighted by molar-refractivity contribution is 0.440. The Morgan fingerprint density at radius 2 is 2.10 bits per heavy atom. The second-order valence-corrected chi connectivity index (χ2v) is 6.88. The standard InChI is InChI=1S/C15H17N5S/c1-10-7-12-13(8-11(10)2)21-14(18-12)16-9-15(3-4-15)20-6-5-17-19-20/h5-8H,3-4,9H2,1-2H3,(H,16,18). The molecule has 0 aliphatic heterocycles. The van der Waals surface area contributed by atoms with Crippen LogP contribution < -0.4 is 5.32 Å². The fraction of sp³-hybridized carbons (Fsp3) is 0.400. The Morgan fingerprint density at radius 3 is 2.81 bits per heavy atom. The van der Waals surface area contributed by atoms with Crippen LogP contribution in [0.4, 0.5) is 5.13 Å². The number of rotatable bonds is 4. The summed E-state index contributed by atoms with van der Waals surface area (Å²) in [5.74, 6) is 0. The number of hydrogen-bond acceptors (Lipinski definition) is 5. The first kappa shape index (κ1) is 12.8. The van der Waals surface area contributed by atoms with Crippen LogP contribution in [0, 0.1) is 13.8 Å². The zero-order chi connectivity index (χ0) is 14.4. The minimum absolute atomic E-state index is 0.0974. The van der Waals surface area contributed by atoms with E-state index in [9.17, 15) is 0 Å². The van der Waals surface area contributed by atoms with Crippen molar-refractivity contribution in [1.82, 2.24) is 20.0 Å². The molecule has 0 unspecified atom stereocenters. The topological polar surface area (TPSA) is 55.6 Å². The van der Waals surface area contributed by atoms with Crippen LogP contribution in [0.1, 0.15) is 24.0 Å². The number of benzene rings is 1. The first-order chi connectivity index (χ1) is 10.2. The van der Waals surface area contributed by atoms with E-state index in [4.69, 9.17) is 0 Å². The van der Waals surface area contributed by atoms with Gasteiger partial charge in [-0.25, -0.2) is 9.67 Å². The van der Waals surface area contributed by atoms with Crippen molar-refractivity contribution < 1.29 is 0 Å². The molecule has 0 atom stereocenters. The molecule has 1 aromatic carbocycles. The molecule has 0 spiro atoms. The number of hydrogen-bond donors (Lipinski definition) is 1. The fourth-order valence-corrected chi connectivity index (χ4v) is 3.53. The molecule has 1 fully saturated rings. The van der Waals surface area contributed by atoms with Crippen molar-refractivity contribution in [3.05, 3.63) is 35.7 Å². The first-order valence-corrected chi connectivity index (χ1v) is 7.96. The fourth-order valence-electron chi connectivity index (χ4n) is 2.59. The van der Waals surface area contributed by atoms with Crippen LogP contribution in [0.25, 0.3) is 10.2 Å². The molecular weight excluding hydrogens is 282 g/mol. The average molecular weight is 299 g/mol. The minimum atomic E-state index is 0.0974. The Labute approximate surface area is 127 Å². The smallest absolute Gasteiger partial charge is 0.183 e. The van der Waals surface area contributed by atoms with Gasteiger partial charge in [0.15, 0.2) is 5.13 Å². The number of aromatic nitrogens is 4. The summed E-state index contributed by atoms with van der Waals surface area (Å²) < 4.78 is 3.22. The van der Waals surface area contributed by atoms with Crippen LogP contribution in [0.5, 0.6) is 0 Å². The second-order valence-electron chi connectivity index (χ2n) is 5.85. The van der Waals surface area contributed by atoms with Gasteiger partial charge in [-0.3, -0.25) is 0 Å². The normalized spacial score (nSPS) is 16.3. The number of aryl methyl sites for hydroxylation is 2. The lowest BCUT2D eigenvalue weighted by Crippen LogP contribution is -2.27. The molecule has 0 bridgehead atoms. The van der Waals surface area contributed by atoms with Gasteiger partial charge in [-0.05, 0) is 49.9 Å². The van der Waals surface area contributed by atoms with Crippen LogP contribution in [0.2, 0.25) is 0 Å². The summed E-state index contributed by atoms with van der Waals surface area (Å²) in [4.78, 5) is 4.69. The maximum Gasteiger partial charge on any atom is 0.183 e. The van der Waals surface area contributed by atoms with Crippen molar-refractivity contribution in [3.8, 4) is 0 Å². The van der Waals surface area contributed by atoms with Crippen molar-refractivity contribution in [3.63, 3.8) is 0 Å². The molecular formula is C15H17N5S. The predicted molar refractivity (Wildman–Crippen MR) is 84.8 cm³/mol. The Kier molecular flexibility index (Phi) is 2.75. The lowest BCUT2D eigenvalue weighted by Gasteiger charge is -2.15. The Morgan fingerprint density at radius 1 is 1.29 bits per heavy atom. The Bertz CT molecular complexity index is 747. The highest BCUT2D eigenvalue weighted by Gasteiger charge is 2.45. The molecule has 21 heavy (non-hydrogen) atoms. The van der Waals surface area contributed by atoms with Gasteiger partial charge < -0.3 is 5.32 Å². The van der Waals surface area contributed by atoms with E-state index in [1.54, 1.807) is 17.5 Å². The number of nitrogens with zero attached hydrogens (tertiary/aromatic N) is 4. The molecule has 4 rings (SSSR count). The highest BCUT2D eigenvalue weighted by Crippen LogP contribution is 2.43. The van der Waals surface area contributed by atoms with Crippen molar-refractivity contribution in [2.45, 2.75) is 32.2 Å². The van der Waals surface area contributed by atoms with Gasteiger partial charge in [0.1, 0.15) is 0 Å². The van der Waals surface area contributed by atoms with Gasteiger partial charge in [-0.2, -0.15) is 0 Å². The third kappa shape index (κ3) is 2.19. The number of nitrogens with one attached hydrogen (secondary N) is 1. The first-order valence-electron chi connectivity index (χ1n) is 7.15. The average Bonchev–Trinajstić information content (AvgIpc) is 2.88. The van der Waals surface area contributed by atoms with E-state index in [1.165, 1.54) is 15.8 Å². The number of anilines is 1. The second kappa shape index (κ2) is 4.53. The van der Waals surface area contributed by atoms with Crippen LogP contribution in [0.3, 0.4) is 0 Å². The molecule has 108 valence electrons. The molecule has 0 saturated heterocycles. The van der Waals surface area contributed by atoms with E-state index >= 15 is 0 Å². The van der Waals surface area contributed by atoms with E-state index in [1.807, 2.05) is 10.9 Å². The van der Waals surface area contributed by atoms with Crippen molar-refractivity contribution >= 4 is 26.7 Å². The highest BCUT2D eigenvalue weighted by atomic mass is 32.1. The quantitative estimate of drug-likeness (QED) is 0.804. The molecule has 5 nitrogen and oxygen atoms in total. The van der Waals surface area contributed by atoms with Crippen LogP contribution in [0.15, 0.2) is 24.5 Å². The summed E-state index contributed by atoms with van der Waals surface area (Å²) in [5.41, 5.74) is 3.79. The maximum atomic E-state index is 4.69. The highest BCUT2D eigenvalue weighted by molar-refractivity contribution is 7.22. The lowest BCUT2D eigenvalue weighted by atomic mass is 10.1. The van der Waals surface area contributed by atoms with Gasteiger partial charge in [0, 0.05) is 12.7 Å². The summed E-state index contributed by atoms with van der Waals surface area (Å²) in [5, 5.41) is 12.5. The van der Waals surface area contributed by atoms with E-state index in [0.29, 0.717) is 0 Å². The van der Waals surface area contributed by atoms with Gasteiger partial charge in [0.2, 0.25) is 0 Å². The van der Waals surface area contributed by atoms with E-state index in [2.05, 4.69) is 46.6 Å². The third-order valence-corrected chi connectivity index (χ3v) is 5.28. The van der Waals surface area contributed by atoms with Gasteiger partial charge in [0.05, 0.1) is 22.0 Å². The van der Waals surface area contributed by atoms with Gasteiger partial charge in [0.25, 0.3) is 0 Å². The molecule has 3 aromatic rings. The summed E-state index contributed by atoms with van der Waals surface area (Å²) in [6.07, 6.45) is 5.97. The monoisotopic (exact) mass is 299 g/mol. The summed E-state index contributed by atoms with van der Waals surface area (Å²) >= 11 is 1.72.